The third-order valence-corrected chi connectivity index (χ3v) is 4.92. The Balaban J connectivity index is 0.00000187. The van der Waals surface area contributed by atoms with Crippen LogP contribution in [0.25, 0.3) is 0 Å². The highest BCUT2D eigenvalue weighted by Crippen LogP contribution is 2.24. The molecule has 0 atom stereocenters. The predicted octanol–water partition coefficient (Wildman–Crippen LogP) is 4.58. The van der Waals surface area contributed by atoms with E-state index < -0.39 is 12.3 Å². The number of hydrogen-bond donors (Lipinski definition) is 2. The van der Waals surface area contributed by atoms with Crippen molar-refractivity contribution >= 4 is 28.2 Å². The van der Waals surface area contributed by atoms with Crippen molar-refractivity contribution < 1.29 is 22.7 Å². The number of amides is 1. The molecular formula is C21H25F3N6O2S. The summed E-state index contributed by atoms with van der Waals surface area (Å²) in [7, 11) is 0. The Morgan fingerprint density at radius 3 is 2.52 bits per heavy atom. The number of benzene rings is 1. The molecule has 3 rings (SSSR count). The molecule has 0 unspecified atom stereocenters. The van der Waals surface area contributed by atoms with Gasteiger partial charge in [-0.3, -0.25) is 4.79 Å². The Labute approximate surface area is 193 Å². The highest BCUT2D eigenvalue weighted by atomic mass is 32.1. The summed E-state index contributed by atoms with van der Waals surface area (Å²) in [6.45, 7) is 4.00. The molecule has 0 saturated heterocycles. The second-order valence-corrected chi connectivity index (χ2v) is 7.64. The smallest absolute Gasteiger partial charge is 0.406 e. The molecule has 0 aliphatic carbocycles. The minimum atomic E-state index is -4.79. The van der Waals surface area contributed by atoms with Crippen LogP contribution in [0, 0.1) is 0 Å². The van der Waals surface area contributed by atoms with Gasteiger partial charge in [0, 0.05) is 6.42 Å². The number of hydrogen-bond acceptors (Lipinski definition) is 8. The Hall–Kier alpha value is -3.28. The molecule has 8 nitrogen and oxygen atoms in total. The Morgan fingerprint density at radius 1 is 1.06 bits per heavy atom. The van der Waals surface area contributed by atoms with E-state index >= 15 is 0 Å². The maximum absolute atomic E-state index is 12.3. The van der Waals surface area contributed by atoms with Crippen molar-refractivity contribution in [3.63, 3.8) is 0 Å². The van der Waals surface area contributed by atoms with Gasteiger partial charge in [-0.2, -0.15) is 5.10 Å². The lowest BCUT2D eigenvalue weighted by Gasteiger charge is -2.09. The summed E-state index contributed by atoms with van der Waals surface area (Å²) in [6, 6.07) is 8.83. The maximum Gasteiger partial charge on any atom is 0.573 e. The number of nitrogens with two attached hydrogens (primary N) is 1. The number of nitrogens with zero attached hydrogens (tertiary/aromatic N) is 4. The molecule has 1 aromatic carbocycles. The van der Waals surface area contributed by atoms with Crippen LogP contribution in [-0.2, 0) is 24.1 Å². The molecule has 2 aromatic heterocycles. The molecule has 33 heavy (non-hydrogen) atoms. The number of aryl methyl sites for hydroxylation is 2. The monoisotopic (exact) mass is 482 g/mol. The minimum absolute atomic E-state index is 0.118. The van der Waals surface area contributed by atoms with Crippen LogP contribution in [0.4, 0.5) is 24.1 Å². The Bertz CT molecular complexity index is 1010. The summed E-state index contributed by atoms with van der Waals surface area (Å²) in [5.74, 6) is -0.399. The molecule has 0 fully saturated rings. The van der Waals surface area contributed by atoms with E-state index in [1.54, 1.807) is 12.1 Å². The molecule has 2 heterocycles. The average molecular weight is 483 g/mol. The van der Waals surface area contributed by atoms with Gasteiger partial charge in [0.05, 0.1) is 12.1 Å². The van der Waals surface area contributed by atoms with Gasteiger partial charge in [0.2, 0.25) is 11.0 Å². The Kier molecular flexibility index (Phi) is 9.98. The molecule has 1 amide bonds. The van der Waals surface area contributed by atoms with Crippen LogP contribution in [0.5, 0.6) is 5.75 Å². The quantitative estimate of drug-likeness (QED) is 0.429. The fraction of sp³-hybridized carbons (Fsp3) is 0.381. The van der Waals surface area contributed by atoms with Crippen molar-refractivity contribution in [2.75, 3.05) is 11.1 Å². The first-order valence-electron chi connectivity index (χ1n) is 10.3. The van der Waals surface area contributed by atoms with Gasteiger partial charge in [-0.1, -0.05) is 37.3 Å². The van der Waals surface area contributed by atoms with Crippen molar-refractivity contribution in [3.05, 3.63) is 52.7 Å². The van der Waals surface area contributed by atoms with Crippen LogP contribution >= 0.6 is 11.3 Å². The minimum Gasteiger partial charge on any atom is -0.406 e. The molecule has 3 aromatic rings. The van der Waals surface area contributed by atoms with Gasteiger partial charge in [0.15, 0.2) is 0 Å². The van der Waals surface area contributed by atoms with Crippen LogP contribution in [0.3, 0.4) is 0 Å². The van der Waals surface area contributed by atoms with E-state index in [-0.39, 0.29) is 12.2 Å². The molecule has 3 N–H and O–H groups in total. The van der Waals surface area contributed by atoms with Crippen LogP contribution in [0.2, 0.25) is 0 Å². The van der Waals surface area contributed by atoms with E-state index in [0.29, 0.717) is 22.9 Å². The molecule has 0 bridgehead atoms. The normalized spacial score (nSPS) is 10.8. The molecular weight excluding hydrogens is 457 g/mol. The van der Waals surface area contributed by atoms with Crippen LogP contribution in [0.1, 0.15) is 43.0 Å². The third kappa shape index (κ3) is 9.81. The van der Waals surface area contributed by atoms with Crippen LogP contribution < -0.4 is 15.8 Å². The first kappa shape index (κ1) is 26.0. The number of ether oxygens (including phenoxy) is 1. The number of alkyl halides is 3. The van der Waals surface area contributed by atoms with Gasteiger partial charge in [0.1, 0.15) is 16.6 Å². The number of carbonyl (C=O) groups excluding carboxylic acids is 1. The second-order valence-electron chi connectivity index (χ2n) is 6.58. The van der Waals surface area contributed by atoms with Crippen LogP contribution in [0.15, 0.2) is 36.4 Å². The summed E-state index contributed by atoms with van der Waals surface area (Å²) < 4.78 is 40.8. The van der Waals surface area contributed by atoms with Gasteiger partial charge in [-0.05, 0) is 49.1 Å². The maximum atomic E-state index is 12.3. The molecule has 0 radical (unpaired) electrons. The number of anilines is 2. The average Bonchev–Trinajstić information content (AvgIpc) is 3.20. The van der Waals surface area contributed by atoms with Gasteiger partial charge < -0.3 is 15.8 Å². The highest BCUT2D eigenvalue weighted by Gasteiger charge is 2.31. The van der Waals surface area contributed by atoms with Gasteiger partial charge in [-0.25, -0.2) is 0 Å². The first-order chi connectivity index (χ1) is 15.8. The van der Waals surface area contributed by atoms with Crippen molar-refractivity contribution in [1.29, 1.82) is 0 Å². The van der Waals surface area contributed by atoms with E-state index in [0.717, 1.165) is 30.0 Å². The van der Waals surface area contributed by atoms with Crippen molar-refractivity contribution in [1.82, 2.24) is 20.4 Å². The van der Waals surface area contributed by atoms with Gasteiger partial charge >= 0.3 is 6.36 Å². The number of nitrogens with one attached hydrogen (secondary N) is 1. The highest BCUT2D eigenvalue weighted by molar-refractivity contribution is 7.15. The zero-order valence-electron chi connectivity index (χ0n) is 18.2. The summed E-state index contributed by atoms with van der Waals surface area (Å²) in [5.41, 5.74) is 6.75. The van der Waals surface area contributed by atoms with Gasteiger partial charge in [0.25, 0.3) is 0 Å². The lowest BCUT2D eigenvalue weighted by atomic mass is 10.1. The summed E-state index contributed by atoms with van der Waals surface area (Å²) in [6.07, 6.45) is -1.69. The lowest BCUT2D eigenvalue weighted by Crippen LogP contribution is -2.17. The largest absolute Gasteiger partial charge is 0.573 e. The first-order valence-corrected chi connectivity index (χ1v) is 11.1. The third-order valence-electron chi connectivity index (χ3n) is 4.02. The second kappa shape index (κ2) is 12.7. The Morgan fingerprint density at radius 2 is 1.82 bits per heavy atom. The van der Waals surface area contributed by atoms with Crippen molar-refractivity contribution in [2.24, 2.45) is 0 Å². The molecule has 178 valence electrons. The standard InChI is InChI=1S/C19H19F3N6O2S.C2H6/c20-19(21,22)30-14-6-3-4-12(10-14)11-16(29)24-18-28-27-17(31-18)7-2-1-5-13-8-9-15(23)26-25-13;1-2/h3-4,6,8-10H,1-2,5,7,11H2,(H2,23,26)(H,24,28,29);1-2H3. The number of carbonyl (C=O) groups is 1. The number of halogens is 3. The fourth-order valence-corrected chi connectivity index (χ4v) is 3.49. The summed E-state index contributed by atoms with van der Waals surface area (Å²) in [4.78, 5) is 12.2. The topological polar surface area (TPSA) is 116 Å². The van der Waals surface area contributed by atoms with E-state index in [4.69, 9.17) is 5.73 Å². The van der Waals surface area contributed by atoms with Gasteiger partial charge in [-0.15, -0.1) is 28.5 Å². The summed E-state index contributed by atoms with van der Waals surface area (Å²) in [5, 5.41) is 19.5. The van der Waals surface area contributed by atoms with Crippen molar-refractivity contribution in [2.45, 2.75) is 52.3 Å². The number of nitrogen functional groups attached to an aromatic ring is 1. The van der Waals surface area contributed by atoms with E-state index in [2.05, 4.69) is 30.4 Å². The van der Waals surface area contributed by atoms with E-state index in [1.807, 2.05) is 19.9 Å². The molecule has 0 aliphatic heterocycles. The zero-order valence-corrected chi connectivity index (χ0v) is 19.0. The SMILES string of the molecule is CC.Nc1ccc(CCCCc2nnc(NC(=O)Cc3cccc(OC(F)(F)F)c3)s2)nn1. The lowest BCUT2D eigenvalue weighted by molar-refractivity contribution is -0.274. The number of unbranched alkanes of at least 4 members (excludes halogenated alkanes) is 1. The summed E-state index contributed by atoms with van der Waals surface area (Å²) >= 11 is 1.26. The molecule has 0 saturated carbocycles. The van der Waals surface area contributed by atoms with Crippen molar-refractivity contribution in [3.8, 4) is 5.75 Å². The molecule has 12 heteroatoms. The number of rotatable bonds is 9. The molecule has 0 aliphatic rings. The zero-order chi connectivity index (χ0) is 24.3. The molecule has 0 spiro atoms. The fourth-order valence-electron chi connectivity index (χ4n) is 2.69. The number of aromatic nitrogens is 4. The van der Waals surface area contributed by atoms with E-state index in [1.165, 1.54) is 29.5 Å². The van der Waals surface area contributed by atoms with Crippen LogP contribution in [-0.4, -0.2) is 32.7 Å². The predicted molar refractivity (Wildman–Crippen MR) is 120 cm³/mol. The van der Waals surface area contributed by atoms with E-state index in [9.17, 15) is 18.0 Å².